The zero-order valence-electron chi connectivity index (χ0n) is 46.3. The van der Waals surface area contributed by atoms with Gasteiger partial charge in [0.05, 0.1) is 25.2 Å². The minimum absolute atomic E-state index is 0.0799. The Morgan fingerprint density at radius 1 is 0.412 bits per heavy atom. The molecule has 3 N–H and O–H groups in total. The van der Waals surface area contributed by atoms with E-state index in [4.69, 9.17) is 4.74 Å². The number of esters is 1. The number of nitrogens with one attached hydrogen (secondary N) is 1. The number of hydrogen-bond donors (Lipinski definition) is 3. The van der Waals surface area contributed by atoms with Gasteiger partial charge in [0.25, 0.3) is 0 Å². The van der Waals surface area contributed by atoms with E-state index in [1.54, 1.807) is 0 Å². The minimum Gasteiger partial charge on any atom is -0.462 e. The summed E-state index contributed by atoms with van der Waals surface area (Å²) in [7, 11) is 0. The average Bonchev–Trinajstić information content (AvgIpc) is 3.33. The van der Waals surface area contributed by atoms with Gasteiger partial charge in [0, 0.05) is 6.42 Å². The molecule has 0 rings (SSSR count). The van der Waals surface area contributed by atoms with Gasteiger partial charge in [-0.2, -0.15) is 0 Å². The van der Waals surface area contributed by atoms with E-state index in [-0.39, 0.29) is 24.9 Å². The van der Waals surface area contributed by atoms with E-state index in [0.717, 1.165) is 57.8 Å². The topological polar surface area (TPSA) is 95.9 Å². The van der Waals surface area contributed by atoms with E-state index in [9.17, 15) is 19.8 Å². The van der Waals surface area contributed by atoms with Crippen LogP contribution in [0.25, 0.3) is 0 Å². The molecule has 0 heterocycles. The van der Waals surface area contributed by atoms with Crippen LogP contribution < -0.4 is 5.32 Å². The van der Waals surface area contributed by atoms with E-state index in [1.807, 2.05) is 0 Å². The van der Waals surface area contributed by atoms with Gasteiger partial charge in [-0.25, -0.2) is 0 Å². The van der Waals surface area contributed by atoms with Gasteiger partial charge < -0.3 is 20.3 Å². The highest BCUT2D eigenvalue weighted by Gasteiger charge is 2.24. The lowest BCUT2D eigenvalue weighted by atomic mass is 10.0. The number of amides is 1. The van der Waals surface area contributed by atoms with Crippen molar-refractivity contribution >= 4 is 11.9 Å². The molecule has 0 spiro atoms. The Morgan fingerprint density at radius 2 is 0.706 bits per heavy atom. The smallest absolute Gasteiger partial charge is 0.306 e. The summed E-state index contributed by atoms with van der Waals surface area (Å²) in [5.74, 6) is -0.456. The first kappa shape index (κ1) is 66.6. The van der Waals surface area contributed by atoms with Gasteiger partial charge in [0.1, 0.15) is 6.10 Å². The van der Waals surface area contributed by atoms with E-state index in [0.29, 0.717) is 19.3 Å². The van der Waals surface area contributed by atoms with Gasteiger partial charge in [-0.05, 0) is 51.4 Å². The SMILES string of the molecule is CCCCCCCC/C=C/CCCCCCCC(CC(=O)NC(CO)C(O)CCCCCCCCCCCCCCCCCCC)OC(=O)CCCCCCCCCCCCCCCCCCC. The molecule has 68 heavy (non-hydrogen) atoms. The predicted octanol–water partition coefficient (Wildman–Crippen LogP) is 19.2. The van der Waals surface area contributed by atoms with Crippen molar-refractivity contribution in [1.82, 2.24) is 5.32 Å². The van der Waals surface area contributed by atoms with Crippen molar-refractivity contribution in [3.05, 3.63) is 12.2 Å². The van der Waals surface area contributed by atoms with Gasteiger partial charge in [0.2, 0.25) is 5.91 Å². The van der Waals surface area contributed by atoms with Gasteiger partial charge in [-0.1, -0.05) is 296 Å². The molecule has 1 amide bonds. The van der Waals surface area contributed by atoms with Gasteiger partial charge in [-0.3, -0.25) is 9.59 Å². The average molecular weight is 961 g/mol. The number of carbonyl (C=O) groups excluding carboxylic acids is 2. The normalized spacial score (nSPS) is 13.1. The monoisotopic (exact) mass is 960 g/mol. The molecule has 3 atom stereocenters. The number of aliphatic hydroxyl groups is 2. The third-order valence-corrected chi connectivity index (χ3v) is 14.6. The molecule has 0 aromatic heterocycles. The molecule has 0 radical (unpaired) electrons. The highest BCUT2D eigenvalue weighted by atomic mass is 16.5. The Balaban J connectivity index is 4.48. The van der Waals surface area contributed by atoms with Crippen LogP contribution >= 0.6 is 0 Å². The molecule has 0 aliphatic heterocycles. The molecule has 6 nitrogen and oxygen atoms in total. The summed E-state index contributed by atoms with van der Waals surface area (Å²) in [4.78, 5) is 26.3. The molecule has 0 aliphatic rings. The summed E-state index contributed by atoms with van der Waals surface area (Å²) >= 11 is 0. The fraction of sp³-hybridized carbons (Fsp3) is 0.935. The third kappa shape index (κ3) is 51.0. The molecule has 0 saturated heterocycles. The second-order valence-corrected chi connectivity index (χ2v) is 21.5. The number of allylic oxidation sites excluding steroid dienone is 2. The molecule has 0 aromatic carbocycles. The van der Waals surface area contributed by atoms with Crippen LogP contribution in [-0.2, 0) is 14.3 Å². The number of unbranched alkanes of at least 4 members (excludes halogenated alkanes) is 43. The van der Waals surface area contributed by atoms with Gasteiger partial charge in [0.15, 0.2) is 0 Å². The molecule has 6 heteroatoms. The minimum atomic E-state index is -0.786. The number of rotatable bonds is 57. The standard InChI is InChI=1S/C62H121NO5/c1-4-7-10-13-16-19-22-25-28-30-33-36-39-42-45-48-51-54-60(65)59(57-64)63-61(66)56-58(53-50-47-44-41-38-35-32-27-24-21-18-15-12-9-6-3)68-62(67)55-52-49-46-43-40-37-34-31-29-26-23-20-17-14-11-8-5-2/h27,32,58-60,64-65H,4-26,28-31,33-57H2,1-3H3,(H,63,66)/b32-27+. The quantitative estimate of drug-likeness (QED) is 0.0321. The maximum Gasteiger partial charge on any atom is 0.306 e. The van der Waals surface area contributed by atoms with Crippen LogP contribution in [0.2, 0.25) is 0 Å². The molecule has 0 aromatic rings. The molecule has 3 unspecified atom stereocenters. The van der Waals surface area contributed by atoms with Crippen molar-refractivity contribution in [3.63, 3.8) is 0 Å². The Kier molecular flexibility index (Phi) is 55.3. The fourth-order valence-corrected chi connectivity index (χ4v) is 9.90. The third-order valence-electron chi connectivity index (χ3n) is 14.6. The Morgan fingerprint density at radius 3 is 1.04 bits per heavy atom. The maximum absolute atomic E-state index is 13.3. The fourth-order valence-electron chi connectivity index (χ4n) is 9.90. The lowest BCUT2D eigenvalue weighted by molar-refractivity contribution is -0.151. The predicted molar refractivity (Wildman–Crippen MR) is 297 cm³/mol. The van der Waals surface area contributed by atoms with Crippen LogP contribution in [0.1, 0.15) is 348 Å². The lowest BCUT2D eigenvalue weighted by Gasteiger charge is -2.24. The molecule has 404 valence electrons. The second-order valence-electron chi connectivity index (χ2n) is 21.5. The molecular formula is C62H121NO5. The number of ether oxygens (including phenoxy) is 1. The van der Waals surface area contributed by atoms with Crippen molar-refractivity contribution in [2.45, 2.75) is 366 Å². The first-order valence-corrected chi connectivity index (χ1v) is 30.9. The lowest BCUT2D eigenvalue weighted by Crippen LogP contribution is -2.46. The van der Waals surface area contributed by atoms with E-state index in [1.165, 1.54) is 244 Å². The molecule has 0 fully saturated rings. The zero-order valence-corrected chi connectivity index (χ0v) is 46.3. The van der Waals surface area contributed by atoms with Crippen molar-refractivity contribution in [2.75, 3.05) is 6.61 Å². The Bertz CT molecular complexity index is 1030. The van der Waals surface area contributed by atoms with Crippen LogP contribution in [0, 0.1) is 0 Å². The summed E-state index contributed by atoms with van der Waals surface area (Å²) in [5, 5.41) is 24.0. The van der Waals surface area contributed by atoms with Crippen molar-refractivity contribution in [2.24, 2.45) is 0 Å². The van der Waals surface area contributed by atoms with Gasteiger partial charge >= 0.3 is 5.97 Å². The summed E-state index contributed by atoms with van der Waals surface area (Å²) in [6.07, 6.45) is 65.7. The summed E-state index contributed by atoms with van der Waals surface area (Å²) in [6, 6.07) is -0.699. The summed E-state index contributed by atoms with van der Waals surface area (Å²) in [5.41, 5.74) is 0. The van der Waals surface area contributed by atoms with Crippen LogP contribution in [0.15, 0.2) is 12.2 Å². The maximum atomic E-state index is 13.3. The van der Waals surface area contributed by atoms with Crippen molar-refractivity contribution in [3.8, 4) is 0 Å². The van der Waals surface area contributed by atoms with Crippen LogP contribution in [0.3, 0.4) is 0 Å². The Hall–Kier alpha value is -1.40. The first-order valence-electron chi connectivity index (χ1n) is 30.9. The van der Waals surface area contributed by atoms with Gasteiger partial charge in [-0.15, -0.1) is 0 Å². The highest BCUT2D eigenvalue weighted by Crippen LogP contribution is 2.19. The van der Waals surface area contributed by atoms with Crippen LogP contribution in [-0.4, -0.2) is 46.9 Å². The summed E-state index contributed by atoms with van der Waals surface area (Å²) < 4.78 is 5.98. The Labute approximate surface area is 425 Å². The van der Waals surface area contributed by atoms with Crippen LogP contribution in [0.5, 0.6) is 0 Å². The summed E-state index contributed by atoms with van der Waals surface area (Å²) in [6.45, 7) is 6.54. The molecule has 0 bridgehead atoms. The number of hydrogen-bond acceptors (Lipinski definition) is 5. The number of aliphatic hydroxyl groups excluding tert-OH is 2. The zero-order chi connectivity index (χ0) is 49.5. The molecule has 0 aliphatic carbocycles. The van der Waals surface area contributed by atoms with E-state index < -0.39 is 18.2 Å². The second kappa shape index (κ2) is 56.5. The first-order chi connectivity index (χ1) is 33.5. The van der Waals surface area contributed by atoms with Crippen LogP contribution in [0.4, 0.5) is 0 Å². The van der Waals surface area contributed by atoms with E-state index in [2.05, 4.69) is 38.2 Å². The molecular weight excluding hydrogens is 839 g/mol. The molecule has 0 saturated carbocycles. The highest BCUT2D eigenvalue weighted by molar-refractivity contribution is 5.77. The largest absolute Gasteiger partial charge is 0.462 e. The number of carbonyl (C=O) groups is 2. The van der Waals surface area contributed by atoms with E-state index >= 15 is 0 Å². The van der Waals surface area contributed by atoms with Crippen molar-refractivity contribution < 1.29 is 24.5 Å². The van der Waals surface area contributed by atoms with Crippen molar-refractivity contribution in [1.29, 1.82) is 0 Å².